The van der Waals surface area contributed by atoms with Crippen LogP contribution in [0.15, 0.2) is 52.1 Å². The zero-order valence-corrected chi connectivity index (χ0v) is 11.0. The smallest absolute Gasteiger partial charge is 0.207 e. The van der Waals surface area contributed by atoms with Crippen LogP contribution in [0, 0.1) is 0 Å². The predicted molar refractivity (Wildman–Crippen MR) is 69.5 cm³/mol. The molecule has 1 unspecified atom stereocenters. The third kappa shape index (κ3) is 2.94. The number of rotatable bonds is 4. The summed E-state index contributed by atoms with van der Waals surface area (Å²) in [7, 11) is -3.40. The van der Waals surface area contributed by atoms with E-state index in [1.165, 1.54) is 11.3 Å². The maximum Gasteiger partial charge on any atom is 0.241 e. The lowest BCUT2D eigenvalue weighted by molar-refractivity contribution is 0.567. The highest BCUT2D eigenvalue weighted by Gasteiger charge is 2.18. The first kappa shape index (κ1) is 12.3. The highest BCUT2D eigenvalue weighted by atomic mass is 32.2. The molecule has 0 fully saturated rings. The molecule has 0 saturated heterocycles. The summed E-state index contributed by atoms with van der Waals surface area (Å²) in [5.41, 5.74) is 0.950. The van der Waals surface area contributed by atoms with Gasteiger partial charge in [0.05, 0.1) is 4.90 Å². The SMILES string of the molecule is CC(NS(=O)(=O)c1ccsc1)c1ccccc1. The van der Waals surface area contributed by atoms with Crippen molar-refractivity contribution in [1.82, 2.24) is 4.72 Å². The lowest BCUT2D eigenvalue weighted by atomic mass is 10.1. The van der Waals surface area contributed by atoms with Gasteiger partial charge in [0.2, 0.25) is 10.0 Å². The van der Waals surface area contributed by atoms with Gasteiger partial charge in [-0.15, -0.1) is 0 Å². The van der Waals surface area contributed by atoms with Gasteiger partial charge >= 0.3 is 0 Å². The average Bonchev–Trinajstić information content (AvgIpc) is 2.84. The highest BCUT2D eigenvalue weighted by Crippen LogP contribution is 2.18. The van der Waals surface area contributed by atoms with Crippen molar-refractivity contribution in [3.05, 3.63) is 52.7 Å². The lowest BCUT2D eigenvalue weighted by Gasteiger charge is -2.13. The molecule has 5 heteroatoms. The second-order valence-corrected chi connectivity index (χ2v) is 6.21. The summed E-state index contributed by atoms with van der Waals surface area (Å²) in [6.07, 6.45) is 0. The van der Waals surface area contributed by atoms with Crippen LogP contribution in [0.3, 0.4) is 0 Å². The number of thiophene rings is 1. The maximum atomic E-state index is 12.0. The Bertz CT molecular complexity index is 562. The molecule has 0 bridgehead atoms. The van der Waals surface area contributed by atoms with Gasteiger partial charge in [0.15, 0.2) is 0 Å². The summed E-state index contributed by atoms with van der Waals surface area (Å²) in [5, 5.41) is 3.38. The second kappa shape index (κ2) is 5.00. The molecule has 0 radical (unpaired) electrons. The van der Waals surface area contributed by atoms with Crippen molar-refractivity contribution in [2.75, 3.05) is 0 Å². The molecule has 0 aliphatic carbocycles. The van der Waals surface area contributed by atoms with E-state index in [2.05, 4.69) is 4.72 Å². The van der Waals surface area contributed by atoms with Crippen LogP contribution in [-0.4, -0.2) is 8.42 Å². The van der Waals surface area contributed by atoms with Crippen LogP contribution < -0.4 is 4.72 Å². The Labute approximate surface area is 105 Å². The van der Waals surface area contributed by atoms with Crippen molar-refractivity contribution in [3.63, 3.8) is 0 Å². The average molecular weight is 267 g/mol. The number of hydrogen-bond donors (Lipinski definition) is 1. The van der Waals surface area contributed by atoms with Crippen LogP contribution in [0.5, 0.6) is 0 Å². The molecule has 0 spiro atoms. The summed E-state index contributed by atoms with van der Waals surface area (Å²) in [5.74, 6) is 0. The highest BCUT2D eigenvalue weighted by molar-refractivity contribution is 7.89. The molecule has 0 saturated carbocycles. The van der Waals surface area contributed by atoms with Crippen molar-refractivity contribution in [1.29, 1.82) is 0 Å². The fourth-order valence-electron chi connectivity index (χ4n) is 1.52. The number of nitrogens with one attached hydrogen (secondary N) is 1. The molecular weight excluding hydrogens is 254 g/mol. The molecule has 2 aromatic rings. The van der Waals surface area contributed by atoms with Crippen molar-refractivity contribution in [2.24, 2.45) is 0 Å². The molecule has 1 atom stereocenters. The van der Waals surface area contributed by atoms with E-state index >= 15 is 0 Å². The van der Waals surface area contributed by atoms with E-state index in [9.17, 15) is 8.42 Å². The Balaban J connectivity index is 2.17. The van der Waals surface area contributed by atoms with Crippen LogP contribution in [0.4, 0.5) is 0 Å². The molecule has 3 nitrogen and oxygen atoms in total. The topological polar surface area (TPSA) is 46.2 Å². The largest absolute Gasteiger partial charge is 0.241 e. The summed E-state index contributed by atoms with van der Waals surface area (Å²) in [6.45, 7) is 1.83. The normalized spacial score (nSPS) is 13.5. The Kier molecular flexibility index (Phi) is 3.61. The van der Waals surface area contributed by atoms with Crippen LogP contribution in [0.25, 0.3) is 0 Å². The van der Waals surface area contributed by atoms with Crippen molar-refractivity contribution in [3.8, 4) is 0 Å². The molecule has 1 aromatic heterocycles. The number of benzene rings is 1. The fourth-order valence-corrected chi connectivity index (χ4v) is 3.78. The van der Waals surface area contributed by atoms with Crippen molar-refractivity contribution >= 4 is 21.4 Å². The van der Waals surface area contributed by atoms with Gasteiger partial charge in [-0.05, 0) is 23.9 Å². The molecule has 17 heavy (non-hydrogen) atoms. The molecule has 1 heterocycles. The van der Waals surface area contributed by atoms with E-state index in [1.54, 1.807) is 16.8 Å². The van der Waals surface area contributed by atoms with Gasteiger partial charge in [0.1, 0.15) is 0 Å². The Hall–Kier alpha value is -1.17. The molecule has 0 amide bonds. The third-order valence-electron chi connectivity index (χ3n) is 2.44. The van der Waals surface area contributed by atoms with Crippen molar-refractivity contribution in [2.45, 2.75) is 17.9 Å². The summed E-state index contributed by atoms with van der Waals surface area (Å²) in [6, 6.07) is 10.9. The minimum atomic E-state index is -3.40. The van der Waals surface area contributed by atoms with E-state index in [1.807, 2.05) is 37.3 Å². The molecule has 2 rings (SSSR count). The minimum absolute atomic E-state index is 0.235. The van der Waals surface area contributed by atoms with Gasteiger partial charge in [0.25, 0.3) is 0 Å². The second-order valence-electron chi connectivity index (χ2n) is 3.71. The molecule has 90 valence electrons. The van der Waals surface area contributed by atoms with E-state index in [-0.39, 0.29) is 6.04 Å². The lowest BCUT2D eigenvalue weighted by Crippen LogP contribution is -2.26. The van der Waals surface area contributed by atoms with Gasteiger partial charge in [-0.2, -0.15) is 11.3 Å². The van der Waals surface area contributed by atoms with E-state index in [0.29, 0.717) is 4.90 Å². The van der Waals surface area contributed by atoms with E-state index in [0.717, 1.165) is 5.56 Å². The van der Waals surface area contributed by atoms with Gasteiger partial charge in [-0.25, -0.2) is 13.1 Å². The first-order chi connectivity index (χ1) is 8.09. The van der Waals surface area contributed by atoms with Crippen LogP contribution >= 0.6 is 11.3 Å². The Morgan fingerprint density at radius 3 is 2.47 bits per heavy atom. The van der Waals surface area contributed by atoms with Gasteiger partial charge < -0.3 is 0 Å². The standard InChI is InChI=1S/C12H13NO2S2/c1-10(11-5-3-2-4-6-11)13-17(14,15)12-7-8-16-9-12/h2-10,13H,1H3. The number of sulfonamides is 1. The summed E-state index contributed by atoms with van der Waals surface area (Å²) < 4.78 is 26.6. The molecule has 1 N–H and O–H groups in total. The van der Waals surface area contributed by atoms with Crippen LogP contribution in [0.1, 0.15) is 18.5 Å². The Morgan fingerprint density at radius 2 is 1.88 bits per heavy atom. The van der Waals surface area contributed by atoms with Gasteiger partial charge in [-0.3, -0.25) is 0 Å². The van der Waals surface area contributed by atoms with Gasteiger partial charge in [0, 0.05) is 11.4 Å². The Morgan fingerprint density at radius 1 is 1.18 bits per heavy atom. The molecule has 1 aromatic carbocycles. The van der Waals surface area contributed by atoms with E-state index < -0.39 is 10.0 Å². The monoisotopic (exact) mass is 267 g/mol. The van der Waals surface area contributed by atoms with E-state index in [4.69, 9.17) is 0 Å². The van der Waals surface area contributed by atoms with Crippen LogP contribution in [-0.2, 0) is 10.0 Å². The zero-order chi connectivity index (χ0) is 12.3. The first-order valence-corrected chi connectivity index (χ1v) is 7.62. The quantitative estimate of drug-likeness (QED) is 0.926. The maximum absolute atomic E-state index is 12.0. The molecular formula is C12H13NO2S2. The van der Waals surface area contributed by atoms with Crippen molar-refractivity contribution < 1.29 is 8.42 Å². The summed E-state index contributed by atoms with van der Waals surface area (Å²) >= 11 is 1.37. The predicted octanol–water partition coefficient (Wildman–Crippen LogP) is 2.79. The molecule has 0 aliphatic rings. The third-order valence-corrected chi connectivity index (χ3v) is 4.81. The van der Waals surface area contributed by atoms with Gasteiger partial charge in [-0.1, -0.05) is 30.3 Å². The number of hydrogen-bond acceptors (Lipinski definition) is 3. The fraction of sp³-hybridized carbons (Fsp3) is 0.167. The first-order valence-electron chi connectivity index (χ1n) is 5.19. The van der Waals surface area contributed by atoms with Crippen LogP contribution in [0.2, 0.25) is 0 Å². The zero-order valence-electron chi connectivity index (χ0n) is 9.33. The molecule has 0 aliphatic heterocycles. The summed E-state index contributed by atoms with van der Waals surface area (Å²) in [4.78, 5) is 0.324. The minimum Gasteiger partial charge on any atom is -0.207 e.